The van der Waals surface area contributed by atoms with Crippen LogP contribution in [0.2, 0.25) is 0 Å². The Hall–Kier alpha value is -1.49. The van der Waals surface area contributed by atoms with E-state index >= 15 is 0 Å². The van der Waals surface area contributed by atoms with Gasteiger partial charge in [-0.2, -0.15) is 0 Å². The van der Waals surface area contributed by atoms with Crippen molar-refractivity contribution >= 4 is 5.91 Å². The lowest BCUT2D eigenvalue weighted by atomic mass is 10.1. The van der Waals surface area contributed by atoms with E-state index in [2.05, 4.69) is 5.32 Å². The van der Waals surface area contributed by atoms with E-state index in [0.717, 1.165) is 12.1 Å². The van der Waals surface area contributed by atoms with E-state index in [4.69, 9.17) is 5.73 Å². The number of benzene rings is 1. The highest BCUT2D eigenvalue weighted by Gasteiger charge is 2.21. The summed E-state index contributed by atoms with van der Waals surface area (Å²) in [6, 6.07) is 3.20. The number of rotatable bonds is 3. The topological polar surface area (TPSA) is 55.1 Å². The molecule has 0 saturated heterocycles. The molecule has 0 aliphatic carbocycles. The Bertz CT molecular complexity index is 399. The highest BCUT2D eigenvalue weighted by atomic mass is 19.1. The van der Waals surface area contributed by atoms with E-state index in [1.807, 2.05) is 0 Å². The SMILES string of the molecule is CC(C)(N)C(=O)NCc1ccc(F)cc1F. The normalized spacial score (nSPS) is 11.3. The smallest absolute Gasteiger partial charge is 0.239 e. The van der Waals surface area contributed by atoms with Gasteiger partial charge in [-0.3, -0.25) is 4.79 Å². The molecule has 0 saturated carbocycles. The van der Waals surface area contributed by atoms with E-state index in [-0.39, 0.29) is 12.1 Å². The van der Waals surface area contributed by atoms with Gasteiger partial charge in [0.05, 0.1) is 5.54 Å². The van der Waals surface area contributed by atoms with Gasteiger partial charge in [0.25, 0.3) is 0 Å². The van der Waals surface area contributed by atoms with Crippen molar-refractivity contribution in [2.24, 2.45) is 5.73 Å². The van der Waals surface area contributed by atoms with Crippen LogP contribution in [0.3, 0.4) is 0 Å². The second kappa shape index (κ2) is 4.57. The number of halogens is 2. The van der Waals surface area contributed by atoms with Crippen LogP contribution in [0, 0.1) is 11.6 Å². The molecule has 3 nitrogen and oxygen atoms in total. The Morgan fingerprint density at radius 3 is 2.56 bits per heavy atom. The van der Waals surface area contributed by atoms with Crippen molar-refractivity contribution in [2.45, 2.75) is 25.9 Å². The van der Waals surface area contributed by atoms with Crippen molar-refractivity contribution in [1.82, 2.24) is 5.32 Å². The molecule has 0 fully saturated rings. The van der Waals surface area contributed by atoms with E-state index in [1.165, 1.54) is 6.07 Å². The summed E-state index contributed by atoms with van der Waals surface area (Å²) in [6.45, 7) is 3.08. The summed E-state index contributed by atoms with van der Waals surface area (Å²) in [7, 11) is 0. The molecular formula is C11H14F2N2O. The minimum Gasteiger partial charge on any atom is -0.350 e. The van der Waals surface area contributed by atoms with Crippen LogP contribution in [0.25, 0.3) is 0 Å². The summed E-state index contributed by atoms with van der Waals surface area (Å²) in [5, 5.41) is 2.47. The summed E-state index contributed by atoms with van der Waals surface area (Å²) >= 11 is 0. The monoisotopic (exact) mass is 228 g/mol. The van der Waals surface area contributed by atoms with Gasteiger partial charge in [0.1, 0.15) is 11.6 Å². The molecule has 0 heterocycles. The molecule has 1 rings (SSSR count). The maximum Gasteiger partial charge on any atom is 0.239 e. The molecule has 0 aliphatic heterocycles. The molecule has 1 aromatic carbocycles. The molecule has 0 aromatic heterocycles. The van der Waals surface area contributed by atoms with E-state index < -0.39 is 23.1 Å². The number of hydrogen-bond donors (Lipinski definition) is 2. The Balaban J connectivity index is 2.65. The zero-order chi connectivity index (χ0) is 12.3. The molecule has 5 heteroatoms. The number of amides is 1. The largest absolute Gasteiger partial charge is 0.350 e. The van der Waals surface area contributed by atoms with Crippen molar-refractivity contribution in [2.75, 3.05) is 0 Å². The molecule has 0 radical (unpaired) electrons. The molecule has 16 heavy (non-hydrogen) atoms. The van der Waals surface area contributed by atoms with Gasteiger partial charge in [-0.1, -0.05) is 6.07 Å². The summed E-state index contributed by atoms with van der Waals surface area (Å²) < 4.78 is 25.8. The third kappa shape index (κ3) is 3.27. The van der Waals surface area contributed by atoms with Crippen molar-refractivity contribution < 1.29 is 13.6 Å². The summed E-state index contributed by atoms with van der Waals surface area (Å²) in [5.41, 5.74) is 4.74. The van der Waals surface area contributed by atoms with Crippen molar-refractivity contribution in [1.29, 1.82) is 0 Å². The molecule has 3 N–H and O–H groups in total. The highest BCUT2D eigenvalue weighted by Crippen LogP contribution is 2.09. The predicted octanol–water partition coefficient (Wildman–Crippen LogP) is 1.32. The second-order valence-electron chi connectivity index (χ2n) is 4.14. The Morgan fingerprint density at radius 2 is 2.06 bits per heavy atom. The molecule has 0 bridgehead atoms. The van der Waals surface area contributed by atoms with Gasteiger partial charge in [-0.15, -0.1) is 0 Å². The lowest BCUT2D eigenvalue weighted by molar-refractivity contribution is -0.125. The lowest BCUT2D eigenvalue weighted by Crippen LogP contribution is -2.48. The summed E-state index contributed by atoms with van der Waals surface area (Å²) in [6.07, 6.45) is 0. The number of hydrogen-bond acceptors (Lipinski definition) is 2. The van der Waals surface area contributed by atoms with Crippen LogP contribution in [0.5, 0.6) is 0 Å². The number of carbonyl (C=O) groups excluding carboxylic acids is 1. The number of nitrogens with one attached hydrogen (secondary N) is 1. The van der Waals surface area contributed by atoms with Crippen molar-refractivity contribution in [3.63, 3.8) is 0 Å². The van der Waals surface area contributed by atoms with Crippen LogP contribution in [-0.2, 0) is 11.3 Å². The first-order chi connectivity index (χ1) is 7.30. The minimum absolute atomic E-state index is 0.00836. The van der Waals surface area contributed by atoms with Gasteiger partial charge in [-0.05, 0) is 19.9 Å². The van der Waals surface area contributed by atoms with Crippen LogP contribution < -0.4 is 11.1 Å². The van der Waals surface area contributed by atoms with Gasteiger partial charge in [0.15, 0.2) is 0 Å². The van der Waals surface area contributed by atoms with Crippen LogP contribution in [-0.4, -0.2) is 11.4 Å². The molecule has 88 valence electrons. The third-order valence-electron chi connectivity index (χ3n) is 2.04. The average molecular weight is 228 g/mol. The zero-order valence-electron chi connectivity index (χ0n) is 9.18. The summed E-state index contributed by atoms with van der Waals surface area (Å²) in [5.74, 6) is -1.72. The quantitative estimate of drug-likeness (QED) is 0.819. The Labute approximate surface area is 92.6 Å². The van der Waals surface area contributed by atoms with E-state index in [0.29, 0.717) is 0 Å². The molecule has 0 unspecified atom stereocenters. The zero-order valence-corrected chi connectivity index (χ0v) is 9.18. The third-order valence-corrected chi connectivity index (χ3v) is 2.04. The highest BCUT2D eigenvalue weighted by molar-refractivity contribution is 5.84. The van der Waals surface area contributed by atoms with E-state index in [9.17, 15) is 13.6 Å². The van der Waals surface area contributed by atoms with Crippen LogP contribution in [0.4, 0.5) is 8.78 Å². The second-order valence-corrected chi connectivity index (χ2v) is 4.14. The maximum absolute atomic E-state index is 13.2. The van der Waals surface area contributed by atoms with Crippen LogP contribution >= 0.6 is 0 Å². The molecule has 1 aromatic rings. The van der Waals surface area contributed by atoms with Gasteiger partial charge >= 0.3 is 0 Å². The molecular weight excluding hydrogens is 214 g/mol. The standard InChI is InChI=1S/C11H14F2N2O/c1-11(2,14)10(16)15-6-7-3-4-8(12)5-9(7)13/h3-5H,6,14H2,1-2H3,(H,15,16). The van der Waals surface area contributed by atoms with Gasteiger partial charge in [0.2, 0.25) is 5.91 Å². The van der Waals surface area contributed by atoms with Crippen molar-refractivity contribution in [3.8, 4) is 0 Å². The van der Waals surface area contributed by atoms with Gasteiger partial charge in [0, 0.05) is 18.2 Å². The first-order valence-electron chi connectivity index (χ1n) is 4.82. The van der Waals surface area contributed by atoms with Gasteiger partial charge < -0.3 is 11.1 Å². The Morgan fingerprint density at radius 1 is 1.44 bits per heavy atom. The van der Waals surface area contributed by atoms with Crippen molar-refractivity contribution in [3.05, 3.63) is 35.4 Å². The summed E-state index contributed by atoms with van der Waals surface area (Å²) in [4.78, 5) is 11.4. The average Bonchev–Trinajstić information content (AvgIpc) is 2.14. The molecule has 0 atom stereocenters. The fourth-order valence-corrected chi connectivity index (χ4v) is 1.07. The number of carbonyl (C=O) groups is 1. The first-order valence-corrected chi connectivity index (χ1v) is 4.82. The fourth-order valence-electron chi connectivity index (χ4n) is 1.07. The molecule has 0 spiro atoms. The predicted molar refractivity (Wildman–Crippen MR) is 56.5 cm³/mol. The fraction of sp³-hybridized carbons (Fsp3) is 0.364. The molecule has 1 amide bonds. The maximum atomic E-state index is 13.2. The van der Waals surface area contributed by atoms with Gasteiger partial charge in [-0.25, -0.2) is 8.78 Å². The van der Waals surface area contributed by atoms with Crippen LogP contribution in [0.1, 0.15) is 19.4 Å². The minimum atomic E-state index is -1.02. The van der Waals surface area contributed by atoms with E-state index in [1.54, 1.807) is 13.8 Å². The Kier molecular flexibility index (Phi) is 3.59. The lowest BCUT2D eigenvalue weighted by Gasteiger charge is -2.17. The first kappa shape index (κ1) is 12.6. The number of nitrogens with two attached hydrogens (primary N) is 1. The molecule has 0 aliphatic rings. The van der Waals surface area contributed by atoms with Crippen LogP contribution in [0.15, 0.2) is 18.2 Å².